The fraction of sp³-hybridized carbons (Fsp3) is 0.167. The molecule has 28 heavy (non-hydrogen) atoms. The first kappa shape index (κ1) is 17.8. The maximum Gasteiger partial charge on any atom is 0.573 e. The Morgan fingerprint density at radius 2 is 1.68 bits per heavy atom. The fourth-order valence-electron chi connectivity index (χ4n) is 2.58. The summed E-state index contributed by atoms with van der Waals surface area (Å²) in [5.74, 6) is 0.991. The van der Waals surface area contributed by atoms with E-state index < -0.39 is 12.5 Å². The number of rotatable bonds is 4. The van der Waals surface area contributed by atoms with Crippen LogP contribution in [0.3, 0.4) is 0 Å². The van der Waals surface area contributed by atoms with Crippen LogP contribution in [0.2, 0.25) is 0 Å². The average molecular weight is 391 g/mol. The van der Waals surface area contributed by atoms with Gasteiger partial charge >= 0.3 is 6.36 Å². The maximum absolute atomic E-state index is 12.2. The lowest BCUT2D eigenvalue weighted by Gasteiger charge is -2.11. The molecule has 0 bridgehead atoms. The summed E-state index contributed by atoms with van der Waals surface area (Å²) in [5.41, 5.74) is 1.40. The minimum atomic E-state index is -4.73. The van der Waals surface area contributed by atoms with E-state index in [2.05, 4.69) is 20.1 Å². The standard InChI is InChI=1S/C18H12F3N3O4/c19-18(20,21)27-14-7-1-11(2-8-14)15-9-16(24-28-15)26-13-5-3-12(4-6-13)17-23-22-10-25-17/h1-8,10,15H,9H2/t15-/m1/s1. The minimum Gasteiger partial charge on any atom is -0.440 e. The molecular formula is C18H12F3N3O4. The van der Waals surface area contributed by atoms with Crippen LogP contribution in [0.1, 0.15) is 18.1 Å². The molecule has 0 aliphatic carbocycles. The Kier molecular flexibility index (Phi) is 4.60. The van der Waals surface area contributed by atoms with E-state index in [0.29, 0.717) is 29.5 Å². The molecule has 1 aliphatic heterocycles. The van der Waals surface area contributed by atoms with Gasteiger partial charge in [0.1, 0.15) is 11.5 Å². The third-order valence-electron chi connectivity index (χ3n) is 3.82. The van der Waals surface area contributed by atoms with Crippen molar-refractivity contribution in [1.82, 2.24) is 10.2 Å². The number of nitrogens with zero attached hydrogens (tertiary/aromatic N) is 3. The second-order valence-corrected chi connectivity index (χ2v) is 5.77. The largest absolute Gasteiger partial charge is 0.573 e. The predicted octanol–water partition coefficient (Wildman–Crippen LogP) is 4.49. The van der Waals surface area contributed by atoms with Crippen molar-refractivity contribution in [1.29, 1.82) is 0 Å². The Hall–Kier alpha value is -3.56. The lowest BCUT2D eigenvalue weighted by Crippen LogP contribution is -2.17. The molecule has 10 heteroatoms. The summed E-state index contributed by atoms with van der Waals surface area (Å²) in [4.78, 5) is 5.31. The second kappa shape index (κ2) is 7.22. The van der Waals surface area contributed by atoms with Crippen LogP contribution in [0, 0.1) is 0 Å². The number of halogens is 3. The molecule has 2 heterocycles. The molecule has 0 fully saturated rings. The smallest absolute Gasteiger partial charge is 0.440 e. The Labute approximate surface area is 156 Å². The minimum absolute atomic E-state index is 0.298. The van der Waals surface area contributed by atoms with Crippen molar-refractivity contribution in [3.05, 3.63) is 60.5 Å². The van der Waals surface area contributed by atoms with Crippen molar-refractivity contribution >= 4 is 5.90 Å². The van der Waals surface area contributed by atoms with Gasteiger partial charge in [-0.1, -0.05) is 17.3 Å². The molecule has 1 atom stereocenters. The van der Waals surface area contributed by atoms with Gasteiger partial charge in [-0.2, -0.15) is 0 Å². The number of alkyl halides is 3. The zero-order chi connectivity index (χ0) is 19.6. The van der Waals surface area contributed by atoms with Crippen molar-refractivity contribution in [3.63, 3.8) is 0 Å². The van der Waals surface area contributed by atoms with Crippen molar-refractivity contribution in [2.75, 3.05) is 0 Å². The molecule has 0 unspecified atom stereocenters. The lowest BCUT2D eigenvalue weighted by atomic mass is 10.1. The van der Waals surface area contributed by atoms with Gasteiger partial charge in [0.25, 0.3) is 0 Å². The predicted molar refractivity (Wildman–Crippen MR) is 89.4 cm³/mol. The Morgan fingerprint density at radius 1 is 0.964 bits per heavy atom. The van der Waals surface area contributed by atoms with E-state index in [1.54, 1.807) is 24.3 Å². The van der Waals surface area contributed by atoms with Gasteiger partial charge in [0.15, 0.2) is 6.10 Å². The Morgan fingerprint density at radius 3 is 2.32 bits per heavy atom. The molecule has 0 N–H and O–H groups in total. The summed E-state index contributed by atoms with van der Waals surface area (Å²) in [6.45, 7) is 0. The van der Waals surface area contributed by atoms with E-state index in [0.717, 1.165) is 5.56 Å². The van der Waals surface area contributed by atoms with Crippen molar-refractivity contribution in [2.24, 2.45) is 5.16 Å². The van der Waals surface area contributed by atoms with Crippen LogP contribution in [0.15, 0.2) is 64.5 Å². The number of benzene rings is 2. The van der Waals surface area contributed by atoms with Crippen LogP contribution in [0.5, 0.6) is 11.5 Å². The molecule has 1 aromatic heterocycles. The number of hydrogen-bond donors (Lipinski definition) is 0. The van der Waals surface area contributed by atoms with Crippen LogP contribution in [-0.4, -0.2) is 22.5 Å². The summed E-state index contributed by atoms with van der Waals surface area (Å²) < 4.78 is 51.3. The van der Waals surface area contributed by atoms with Gasteiger partial charge in [0.2, 0.25) is 18.2 Å². The molecule has 3 aromatic rings. The maximum atomic E-state index is 12.2. The van der Waals surface area contributed by atoms with E-state index in [9.17, 15) is 13.2 Å². The normalized spacial score (nSPS) is 16.4. The van der Waals surface area contributed by atoms with Crippen molar-refractivity contribution < 1.29 is 31.9 Å². The number of ether oxygens (including phenoxy) is 2. The highest BCUT2D eigenvalue weighted by Crippen LogP contribution is 2.31. The SMILES string of the molecule is FC(F)(F)Oc1ccc([C@H]2CC(Oc3ccc(-c4nnco4)cc3)=NO2)cc1. The summed E-state index contributed by atoms with van der Waals surface area (Å²) in [7, 11) is 0. The van der Waals surface area contributed by atoms with E-state index in [1.165, 1.54) is 30.7 Å². The second-order valence-electron chi connectivity index (χ2n) is 5.77. The quantitative estimate of drug-likeness (QED) is 0.652. The first-order valence-corrected chi connectivity index (χ1v) is 8.09. The fourth-order valence-corrected chi connectivity index (χ4v) is 2.58. The van der Waals surface area contributed by atoms with Gasteiger partial charge < -0.3 is 18.7 Å². The molecule has 0 spiro atoms. The molecular weight excluding hydrogens is 379 g/mol. The number of hydrogen-bond acceptors (Lipinski definition) is 7. The Balaban J connectivity index is 1.35. The zero-order valence-electron chi connectivity index (χ0n) is 14.1. The van der Waals surface area contributed by atoms with Crippen LogP contribution < -0.4 is 9.47 Å². The van der Waals surface area contributed by atoms with E-state index >= 15 is 0 Å². The van der Waals surface area contributed by atoms with Gasteiger partial charge in [0.05, 0.1) is 6.42 Å². The van der Waals surface area contributed by atoms with E-state index in [-0.39, 0.29) is 5.75 Å². The molecule has 4 rings (SSSR count). The summed E-state index contributed by atoms with van der Waals surface area (Å²) in [5, 5.41) is 11.3. The van der Waals surface area contributed by atoms with E-state index in [4.69, 9.17) is 14.0 Å². The molecule has 7 nitrogen and oxygen atoms in total. The van der Waals surface area contributed by atoms with Crippen LogP contribution >= 0.6 is 0 Å². The third-order valence-corrected chi connectivity index (χ3v) is 3.82. The summed E-state index contributed by atoms with van der Waals surface area (Å²) >= 11 is 0. The van der Waals surface area contributed by atoms with Crippen molar-refractivity contribution in [3.8, 4) is 23.0 Å². The highest BCUT2D eigenvalue weighted by atomic mass is 19.4. The topological polar surface area (TPSA) is 79.0 Å². The average Bonchev–Trinajstić information content (AvgIpc) is 3.34. The van der Waals surface area contributed by atoms with E-state index in [1.807, 2.05) is 0 Å². The van der Waals surface area contributed by atoms with Gasteiger partial charge in [0, 0.05) is 5.56 Å². The summed E-state index contributed by atoms with van der Waals surface area (Å²) in [6, 6.07) is 12.4. The molecule has 2 aromatic carbocycles. The number of aromatic nitrogens is 2. The van der Waals surface area contributed by atoms with Crippen LogP contribution in [-0.2, 0) is 4.84 Å². The van der Waals surface area contributed by atoms with Gasteiger partial charge in [-0.15, -0.1) is 23.4 Å². The van der Waals surface area contributed by atoms with Crippen molar-refractivity contribution in [2.45, 2.75) is 18.9 Å². The van der Waals surface area contributed by atoms with Gasteiger partial charge in [-0.05, 0) is 42.0 Å². The highest BCUT2D eigenvalue weighted by Gasteiger charge is 2.31. The summed E-state index contributed by atoms with van der Waals surface area (Å²) in [6.07, 6.45) is -3.60. The molecule has 0 saturated carbocycles. The zero-order valence-corrected chi connectivity index (χ0v) is 14.1. The first-order valence-electron chi connectivity index (χ1n) is 8.09. The molecule has 0 amide bonds. The first-order chi connectivity index (χ1) is 13.5. The number of oxime groups is 1. The lowest BCUT2D eigenvalue weighted by molar-refractivity contribution is -0.274. The van der Waals surface area contributed by atoms with Crippen LogP contribution in [0.4, 0.5) is 13.2 Å². The van der Waals surface area contributed by atoms with Crippen LogP contribution in [0.25, 0.3) is 11.5 Å². The Bertz CT molecular complexity index is 955. The highest BCUT2D eigenvalue weighted by molar-refractivity contribution is 5.80. The van der Waals surface area contributed by atoms with Gasteiger partial charge in [-0.25, -0.2) is 0 Å². The monoisotopic (exact) mass is 391 g/mol. The third kappa shape index (κ3) is 4.22. The molecule has 1 aliphatic rings. The molecule has 144 valence electrons. The van der Waals surface area contributed by atoms with Gasteiger partial charge in [-0.3, -0.25) is 0 Å². The molecule has 0 saturated heterocycles. The molecule has 0 radical (unpaired) electrons.